The number of anilines is 1. The summed E-state index contributed by atoms with van der Waals surface area (Å²) in [5.74, 6) is 0.0151. The fraction of sp³-hybridized carbons (Fsp3) is 0.364. The Morgan fingerprint density at radius 1 is 1.47 bits per heavy atom. The van der Waals surface area contributed by atoms with Crippen molar-refractivity contribution in [3.63, 3.8) is 0 Å². The number of aromatic nitrogens is 4. The van der Waals surface area contributed by atoms with Crippen molar-refractivity contribution < 1.29 is 4.92 Å². The van der Waals surface area contributed by atoms with Crippen LogP contribution in [0.1, 0.15) is 19.0 Å². The average molecular weight is 262 g/mol. The summed E-state index contributed by atoms with van der Waals surface area (Å²) in [6, 6.07) is 0. The topological polar surface area (TPSA) is 113 Å². The van der Waals surface area contributed by atoms with Crippen LogP contribution in [0.5, 0.6) is 0 Å². The quantitative estimate of drug-likeness (QED) is 0.660. The van der Waals surface area contributed by atoms with Crippen molar-refractivity contribution in [1.29, 1.82) is 0 Å². The SMILES string of the molecule is CCCn1cc(-c2nc(N)nc(C)c2[N+](=O)[O-])cn1. The van der Waals surface area contributed by atoms with Gasteiger partial charge >= 0.3 is 5.69 Å². The summed E-state index contributed by atoms with van der Waals surface area (Å²) in [6.45, 7) is 4.31. The molecule has 0 aliphatic carbocycles. The van der Waals surface area contributed by atoms with Crippen molar-refractivity contribution in [2.45, 2.75) is 26.8 Å². The third-order valence-electron chi connectivity index (χ3n) is 2.62. The van der Waals surface area contributed by atoms with Gasteiger partial charge in [-0.2, -0.15) is 5.10 Å². The summed E-state index contributed by atoms with van der Waals surface area (Å²) in [6.07, 6.45) is 4.19. The van der Waals surface area contributed by atoms with Crippen LogP contribution in [0.3, 0.4) is 0 Å². The average Bonchev–Trinajstić information content (AvgIpc) is 2.76. The number of rotatable bonds is 4. The van der Waals surface area contributed by atoms with E-state index in [1.165, 1.54) is 6.92 Å². The molecular formula is C11H14N6O2. The van der Waals surface area contributed by atoms with E-state index in [1.807, 2.05) is 6.92 Å². The first kappa shape index (κ1) is 12.9. The standard InChI is InChI=1S/C11H14N6O2/c1-3-4-16-6-8(5-13-16)9-10(17(18)19)7(2)14-11(12)15-9/h5-6H,3-4H2,1-2H3,(H2,12,14,15). The second-order valence-corrected chi connectivity index (χ2v) is 4.11. The molecule has 0 aromatic carbocycles. The Morgan fingerprint density at radius 3 is 2.84 bits per heavy atom. The van der Waals surface area contributed by atoms with E-state index in [9.17, 15) is 10.1 Å². The van der Waals surface area contributed by atoms with Gasteiger partial charge in [-0.25, -0.2) is 9.97 Å². The fourth-order valence-electron chi connectivity index (χ4n) is 1.85. The maximum absolute atomic E-state index is 11.1. The molecule has 0 amide bonds. The molecule has 2 heterocycles. The Balaban J connectivity index is 2.56. The fourth-order valence-corrected chi connectivity index (χ4v) is 1.85. The molecule has 0 aliphatic heterocycles. The second-order valence-electron chi connectivity index (χ2n) is 4.11. The maximum Gasteiger partial charge on any atom is 0.316 e. The molecule has 2 aromatic rings. The number of nitro groups is 1. The molecule has 0 unspecified atom stereocenters. The number of nitrogens with two attached hydrogens (primary N) is 1. The maximum atomic E-state index is 11.1. The van der Waals surface area contributed by atoms with Crippen LogP contribution in [0.15, 0.2) is 12.4 Å². The Kier molecular flexibility index (Phi) is 3.41. The third-order valence-corrected chi connectivity index (χ3v) is 2.62. The number of hydrogen-bond acceptors (Lipinski definition) is 6. The summed E-state index contributed by atoms with van der Waals surface area (Å²) >= 11 is 0. The van der Waals surface area contributed by atoms with Crippen molar-refractivity contribution in [3.05, 3.63) is 28.2 Å². The predicted molar refractivity (Wildman–Crippen MR) is 69.3 cm³/mol. The van der Waals surface area contributed by atoms with Crippen LogP contribution in [0.4, 0.5) is 11.6 Å². The Labute approximate surface area is 109 Å². The van der Waals surface area contributed by atoms with E-state index in [-0.39, 0.29) is 23.0 Å². The molecule has 19 heavy (non-hydrogen) atoms. The minimum absolute atomic E-state index is 0.0151. The normalized spacial score (nSPS) is 10.6. The Bertz CT molecular complexity index is 622. The van der Waals surface area contributed by atoms with Crippen molar-refractivity contribution in [2.24, 2.45) is 0 Å². The van der Waals surface area contributed by atoms with E-state index >= 15 is 0 Å². The summed E-state index contributed by atoms with van der Waals surface area (Å²) in [5.41, 5.74) is 6.44. The first-order valence-corrected chi connectivity index (χ1v) is 5.84. The Hall–Kier alpha value is -2.51. The van der Waals surface area contributed by atoms with E-state index in [4.69, 9.17) is 5.73 Å². The smallest absolute Gasteiger partial charge is 0.316 e. The van der Waals surface area contributed by atoms with Crippen LogP contribution in [0.2, 0.25) is 0 Å². The van der Waals surface area contributed by atoms with Gasteiger partial charge in [-0.15, -0.1) is 0 Å². The lowest BCUT2D eigenvalue weighted by molar-refractivity contribution is -0.385. The molecule has 0 saturated heterocycles. The van der Waals surface area contributed by atoms with Gasteiger partial charge in [0, 0.05) is 18.3 Å². The van der Waals surface area contributed by atoms with Gasteiger partial charge in [0.2, 0.25) is 5.95 Å². The predicted octanol–water partition coefficient (Wildman–Crippen LogP) is 1.55. The summed E-state index contributed by atoms with van der Waals surface area (Å²) < 4.78 is 1.71. The van der Waals surface area contributed by atoms with Crippen molar-refractivity contribution in [2.75, 3.05) is 5.73 Å². The van der Waals surface area contributed by atoms with Gasteiger partial charge in [-0.1, -0.05) is 6.92 Å². The summed E-state index contributed by atoms with van der Waals surface area (Å²) in [4.78, 5) is 18.4. The van der Waals surface area contributed by atoms with Crippen molar-refractivity contribution in [3.8, 4) is 11.3 Å². The number of nitrogens with zero attached hydrogens (tertiary/aromatic N) is 5. The number of hydrogen-bond donors (Lipinski definition) is 1. The highest BCUT2D eigenvalue weighted by molar-refractivity contribution is 5.70. The monoisotopic (exact) mass is 262 g/mol. The highest BCUT2D eigenvalue weighted by Gasteiger charge is 2.23. The minimum Gasteiger partial charge on any atom is -0.368 e. The minimum atomic E-state index is -0.499. The van der Waals surface area contributed by atoms with Gasteiger partial charge in [0.05, 0.1) is 11.1 Å². The zero-order valence-electron chi connectivity index (χ0n) is 10.7. The highest BCUT2D eigenvalue weighted by Crippen LogP contribution is 2.30. The molecule has 2 N–H and O–H groups in total. The van der Waals surface area contributed by atoms with Gasteiger partial charge in [-0.05, 0) is 13.3 Å². The zero-order chi connectivity index (χ0) is 14.0. The molecular weight excluding hydrogens is 248 g/mol. The Morgan fingerprint density at radius 2 is 2.21 bits per heavy atom. The van der Waals surface area contributed by atoms with Crippen molar-refractivity contribution in [1.82, 2.24) is 19.7 Å². The van der Waals surface area contributed by atoms with E-state index < -0.39 is 4.92 Å². The second kappa shape index (κ2) is 5.01. The van der Waals surface area contributed by atoms with Crippen molar-refractivity contribution >= 4 is 11.6 Å². The first-order valence-electron chi connectivity index (χ1n) is 5.84. The largest absolute Gasteiger partial charge is 0.368 e. The molecule has 0 atom stereocenters. The highest BCUT2D eigenvalue weighted by atomic mass is 16.6. The number of aryl methyl sites for hydroxylation is 2. The lowest BCUT2D eigenvalue weighted by Gasteiger charge is -2.03. The van der Waals surface area contributed by atoms with E-state index in [0.717, 1.165) is 13.0 Å². The molecule has 0 saturated carbocycles. The van der Waals surface area contributed by atoms with Gasteiger partial charge in [0.25, 0.3) is 0 Å². The molecule has 2 aromatic heterocycles. The van der Waals surface area contributed by atoms with Gasteiger partial charge < -0.3 is 5.73 Å². The zero-order valence-corrected chi connectivity index (χ0v) is 10.7. The van der Waals surface area contributed by atoms with Crippen LogP contribution in [0, 0.1) is 17.0 Å². The molecule has 0 aliphatic rings. The van der Waals surface area contributed by atoms with Crippen LogP contribution in [0.25, 0.3) is 11.3 Å². The lowest BCUT2D eigenvalue weighted by atomic mass is 10.2. The molecule has 0 radical (unpaired) electrons. The van der Waals surface area contributed by atoms with E-state index in [1.54, 1.807) is 17.1 Å². The molecule has 100 valence electrons. The van der Waals surface area contributed by atoms with Crippen LogP contribution >= 0.6 is 0 Å². The molecule has 0 bridgehead atoms. The molecule has 8 nitrogen and oxygen atoms in total. The molecule has 8 heteroatoms. The van der Waals surface area contributed by atoms with E-state index in [0.29, 0.717) is 5.56 Å². The number of nitrogen functional groups attached to an aromatic ring is 1. The van der Waals surface area contributed by atoms with Gasteiger partial charge in [-0.3, -0.25) is 14.8 Å². The van der Waals surface area contributed by atoms with Crippen LogP contribution in [-0.4, -0.2) is 24.7 Å². The molecule has 0 fully saturated rings. The summed E-state index contributed by atoms with van der Waals surface area (Å²) in [7, 11) is 0. The third kappa shape index (κ3) is 2.51. The summed E-state index contributed by atoms with van der Waals surface area (Å²) in [5, 5.41) is 15.3. The molecule has 0 spiro atoms. The van der Waals surface area contributed by atoms with Gasteiger partial charge in [0.1, 0.15) is 5.69 Å². The van der Waals surface area contributed by atoms with Crippen LogP contribution in [-0.2, 0) is 6.54 Å². The van der Waals surface area contributed by atoms with E-state index in [2.05, 4.69) is 15.1 Å². The van der Waals surface area contributed by atoms with Gasteiger partial charge in [0.15, 0.2) is 5.69 Å². The molecule has 2 rings (SSSR count). The van der Waals surface area contributed by atoms with Crippen LogP contribution < -0.4 is 5.73 Å². The lowest BCUT2D eigenvalue weighted by Crippen LogP contribution is -2.04. The first-order chi connectivity index (χ1) is 9.02.